The Labute approximate surface area is 185 Å². The standard InChI is InChI=1S/C24H25FN4O3/c1-5-27-22(13-30)26-29(24(27)32)21-11-16-17(10-19(21)25)23(31)28(12-18(16)14(2)3)20-9-7-6-8-15(20)4/h6-11,18,30H,2,5,12-13H2,1,3-4H3/t18-/m1/s1. The molecule has 166 valence electrons. The number of aryl methyl sites for hydroxylation is 1. The van der Waals surface area contributed by atoms with E-state index in [-0.39, 0.29) is 28.9 Å². The monoisotopic (exact) mass is 436 g/mol. The third kappa shape index (κ3) is 3.36. The molecule has 32 heavy (non-hydrogen) atoms. The van der Waals surface area contributed by atoms with Gasteiger partial charge in [0.05, 0.1) is 0 Å². The number of nitrogens with zero attached hydrogens (tertiary/aromatic N) is 4. The fourth-order valence-electron chi connectivity index (χ4n) is 4.25. The summed E-state index contributed by atoms with van der Waals surface area (Å²) in [6.07, 6.45) is 0. The number of halogens is 1. The molecule has 0 radical (unpaired) electrons. The second kappa shape index (κ2) is 8.20. The normalized spacial score (nSPS) is 15.7. The van der Waals surface area contributed by atoms with E-state index in [1.54, 1.807) is 11.8 Å². The van der Waals surface area contributed by atoms with Crippen LogP contribution in [0.4, 0.5) is 10.1 Å². The van der Waals surface area contributed by atoms with Crippen LogP contribution in [0.15, 0.2) is 53.3 Å². The summed E-state index contributed by atoms with van der Waals surface area (Å²) in [5, 5.41) is 13.6. The number of amides is 1. The van der Waals surface area contributed by atoms with Gasteiger partial charge in [0.2, 0.25) is 0 Å². The van der Waals surface area contributed by atoms with E-state index < -0.39 is 18.1 Å². The molecular weight excluding hydrogens is 411 g/mol. The SMILES string of the molecule is C=C(C)[C@H]1CN(c2ccccc2C)C(=O)c2cc(F)c(-n3nc(CO)n(CC)c3=O)cc21. The number of hydrogen-bond donors (Lipinski definition) is 1. The van der Waals surface area contributed by atoms with E-state index in [9.17, 15) is 14.7 Å². The van der Waals surface area contributed by atoms with Gasteiger partial charge in [0.25, 0.3) is 5.91 Å². The van der Waals surface area contributed by atoms with Crippen LogP contribution >= 0.6 is 0 Å². The number of rotatable bonds is 5. The minimum atomic E-state index is -0.739. The molecule has 0 bridgehead atoms. The van der Waals surface area contributed by atoms with Gasteiger partial charge in [-0.25, -0.2) is 9.18 Å². The van der Waals surface area contributed by atoms with E-state index >= 15 is 4.39 Å². The molecule has 2 heterocycles. The number of carbonyl (C=O) groups excluding carboxylic acids is 1. The predicted octanol–water partition coefficient (Wildman–Crippen LogP) is 3.31. The number of aliphatic hydroxyl groups excluding tert-OH is 1. The highest BCUT2D eigenvalue weighted by Gasteiger charge is 2.35. The van der Waals surface area contributed by atoms with Crippen LogP contribution in [0.2, 0.25) is 0 Å². The fraction of sp³-hybridized carbons (Fsp3) is 0.292. The van der Waals surface area contributed by atoms with E-state index in [0.717, 1.165) is 21.5 Å². The number of anilines is 1. The average molecular weight is 436 g/mol. The molecule has 1 aliphatic rings. The Kier molecular flexibility index (Phi) is 5.56. The van der Waals surface area contributed by atoms with Gasteiger partial charge in [0, 0.05) is 30.3 Å². The summed E-state index contributed by atoms with van der Waals surface area (Å²) in [5.74, 6) is -1.15. The Morgan fingerprint density at radius 1 is 1.25 bits per heavy atom. The third-order valence-electron chi connectivity index (χ3n) is 5.96. The summed E-state index contributed by atoms with van der Waals surface area (Å²) in [5.41, 5.74) is 2.76. The fourth-order valence-corrected chi connectivity index (χ4v) is 4.25. The lowest BCUT2D eigenvalue weighted by atomic mass is 9.84. The molecule has 2 aromatic carbocycles. The Morgan fingerprint density at radius 3 is 2.56 bits per heavy atom. The van der Waals surface area contributed by atoms with E-state index in [1.807, 2.05) is 38.1 Å². The number of benzene rings is 2. The minimum Gasteiger partial charge on any atom is -0.388 e. The smallest absolute Gasteiger partial charge is 0.350 e. The van der Waals surface area contributed by atoms with Gasteiger partial charge >= 0.3 is 5.69 Å². The summed E-state index contributed by atoms with van der Waals surface area (Å²) >= 11 is 0. The lowest BCUT2D eigenvalue weighted by Crippen LogP contribution is -2.41. The number of aliphatic hydroxyl groups is 1. The molecule has 7 nitrogen and oxygen atoms in total. The van der Waals surface area contributed by atoms with Gasteiger partial charge in [-0.05, 0) is 50.1 Å². The first kappa shape index (κ1) is 21.7. The maximum Gasteiger partial charge on any atom is 0.350 e. The van der Waals surface area contributed by atoms with Crippen LogP contribution in [0.25, 0.3) is 5.69 Å². The Bertz CT molecular complexity index is 1290. The number of para-hydroxylation sites is 1. The molecule has 1 atom stereocenters. The number of aromatic nitrogens is 3. The van der Waals surface area contributed by atoms with Crippen molar-refractivity contribution in [2.75, 3.05) is 11.4 Å². The minimum absolute atomic E-state index is 0.0564. The zero-order chi connectivity index (χ0) is 23.2. The summed E-state index contributed by atoms with van der Waals surface area (Å²) in [6.45, 7) is 9.82. The van der Waals surface area contributed by atoms with E-state index in [4.69, 9.17) is 0 Å². The second-order valence-corrected chi connectivity index (χ2v) is 8.01. The average Bonchev–Trinajstić information content (AvgIpc) is 3.09. The van der Waals surface area contributed by atoms with Crippen molar-refractivity contribution in [1.29, 1.82) is 0 Å². The van der Waals surface area contributed by atoms with E-state index in [2.05, 4.69) is 11.7 Å². The van der Waals surface area contributed by atoms with Crippen molar-refractivity contribution < 1.29 is 14.3 Å². The lowest BCUT2D eigenvalue weighted by molar-refractivity contribution is 0.0977. The molecule has 3 aromatic rings. The Hall–Kier alpha value is -3.52. The summed E-state index contributed by atoms with van der Waals surface area (Å²) in [4.78, 5) is 27.8. The van der Waals surface area contributed by atoms with Crippen LogP contribution in [-0.4, -0.2) is 31.9 Å². The highest BCUT2D eigenvalue weighted by atomic mass is 19.1. The molecule has 0 unspecified atom stereocenters. The van der Waals surface area contributed by atoms with Gasteiger partial charge in [0.15, 0.2) is 5.82 Å². The van der Waals surface area contributed by atoms with Crippen LogP contribution in [0, 0.1) is 12.7 Å². The van der Waals surface area contributed by atoms with E-state index in [0.29, 0.717) is 18.7 Å². The summed E-state index contributed by atoms with van der Waals surface area (Å²) in [7, 11) is 0. The highest BCUT2D eigenvalue weighted by molar-refractivity contribution is 6.09. The quantitative estimate of drug-likeness (QED) is 0.623. The molecule has 0 saturated heterocycles. The molecule has 1 N–H and O–H groups in total. The number of carbonyl (C=O) groups is 1. The predicted molar refractivity (Wildman–Crippen MR) is 120 cm³/mol. The van der Waals surface area contributed by atoms with Crippen molar-refractivity contribution in [3.63, 3.8) is 0 Å². The maximum atomic E-state index is 15.2. The first-order valence-electron chi connectivity index (χ1n) is 10.4. The third-order valence-corrected chi connectivity index (χ3v) is 5.96. The molecular formula is C24H25FN4O3. The molecule has 1 amide bonds. The Morgan fingerprint density at radius 2 is 1.97 bits per heavy atom. The van der Waals surface area contributed by atoms with Gasteiger partial charge in [-0.15, -0.1) is 5.10 Å². The first-order valence-corrected chi connectivity index (χ1v) is 10.4. The number of hydrogen-bond acceptors (Lipinski definition) is 4. The zero-order valence-corrected chi connectivity index (χ0v) is 18.3. The van der Waals surface area contributed by atoms with Crippen LogP contribution in [-0.2, 0) is 13.2 Å². The molecule has 4 rings (SSSR count). The van der Waals surface area contributed by atoms with Gasteiger partial charge in [-0.2, -0.15) is 4.68 Å². The summed E-state index contributed by atoms with van der Waals surface area (Å²) < 4.78 is 17.5. The molecule has 1 aromatic heterocycles. The Balaban J connectivity index is 1.90. The maximum absolute atomic E-state index is 15.2. The topological polar surface area (TPSA) is 80.4 Å². The van der Waals surface area contributed by atoms with Crippen LogP contribution in [0.1, 0.15) is 47.1 Å². The summed E-state index contributed by atoms with van der Waals surface area (Å²) in [6, 6.07) is 10.2. The number of fused-ring (bicyclic) bond motifs is 1. The van der Waals surface area contributed by atoms with E-state index in [1.165, 1.54) is 16.7 Å². The van der Waals surface area contributed by atoms with Crippen molar-refractivity contribution in [3.05, 3.63) is 87.4 Å². The van der Waals surface area contributed by atoms with Gasteiger partial charge in [0.1, 0.15) is 18.1 Å². The van der Waals surface area contributed by atoms with Crippen molar-refractivity contribution in [2.24, 2.45) is 0 Å². The molecule has 0 fully saturated rings. The molecule has 0 saturated carbocycles. The van der Waals surface area contributed by atoms with Crippen molar-refractivity contribution in [1.82, 2.24) is 14.3 Å². The largest absolute Gasteiger partial charge is 0.388 e. The van der Waals surface area contributed by atoms with Crippen LogP contribution in [0.5, 0.6) is 0 Å². The van der Waals surface area contributed by atoms with Gasteiger partial charge in [-0.1, -0.05) is 30.4 Å². The molecule has 1 aliphatic heterocycles. The molecule has 0 aliphatic carbocycles. The van der Waals surface area contributed by atoms with Gasteiger partial charge < -0.3 is 10.0 Å². The van der Waals surface area contributed by atoms with Crippen molar-refractivity contribution in [3.8, 4) is 5.69 Å². The van der Waals surface area contributed by atoms with Crippen LogP contribution in [0.3, 0.4) is 0 Å². The zero-order valence-electron chi connectivity index (χ0n) is 18.3. The van der Waals surface area contributed by atoms with Crippen molar-refractivity contribution >= 4 is 11.6 Å². The molecule has 8 heteroatoms. The second-order valence-electron chi connectivity index (χ2n) is 8.01. The highest BCUT2D eigenvalue weighted by Crippen LogP contribution is 2.37. The molecule has 0 spiro atoms. The lowest BCUT2D eigenvalue weighted by Gasteiger charge is -2.35. The van der Waals surface area contributed by atoms with Gasteiger partial charge in [-0.3, -0.25) is 9.36 Å². The van der Waals surface area contributed by atoms with Crippen molar-refractivity contribution in [2.45, 2.75) is 39.8 Å². The van der Waals surface area contributed by atoms with Crippen LogP contribution < -0.4 is 10.6 Å². The first-order chi connectivity index (χ1) is 15.3.